The van der Waals surface area contributed by atoms with E-state index in [9.17, 15) is 43.2 Å². The minimum Gasteiger partial charge on any atom is -0.462 e. The molecular formula is C75H146O17P2. The molecule has 0 saturated heterocycles. The smallest absolute Gasteiger partial charge is 0.462 e. The molecule has 3 unspecified atom stereocenters. The quantitative estimate of drug-likeness (QED) is 0.0222. The topological polar surface area (TPSA) is 237 Å². The molecule has 0 aromatic heterocycles. The Morgan fingerprint density at radius 3 is 0.809 bits per heavy atom. The van der Waals surface area contributed by atoms with E-state index in [1.807, 2.05) is 0 Å². The Kier molecular flexibility index (Phi) is 65.5. The largest absolute Gasteiger partial charge is 0.472 e. The average Bonchev–Trinajstić information content (AvgIpc) is 3.59. The van der Waals surface area contributed by atoms with E-state index in [1.54, 1.807) is 0 Å². The van der Waals surface area contributed by atoms with Crippen molar-refractivity contribution < 1.29 is 80.2 Å². The number of carbonyl (C=O) groups excluding carboxylic acids is 4. The zero-order valence-corrected chi connectivity index (χ0v) is 63.1. The molecule has 0 aliphatic heterocycles. The van der Waals surface area contributed by atoms with Crippen molar-refractivity contribution in [1.82, 2.24) is 0 Å². The van der Waals surface area contributed by atoms with Gasteiger partial charge in [0.2, 0.25) is 0 Å². The monoisotopic (exact) mass is 1380 g/mol. The van der Waals surface area contributed by atoms with Gasteiger partial charge in [-0.25, -0.2) is 9.13 Å². The summed E-state index contributed by atoms with van der Waals surface area (Å²) in [5.41, 5.74) is 0. The summed E-state index contributed by atoms with van der Waals surface area (Å²) >= 11 is 0. The van der Waals surface area contributed by atoms with Gasteiger partial charge >= 0.3 is 39.5 Å². The van der Waals surface area contributed by atoms with Crippen LogP contribution in [-0.2, 0) is 65.4 Å². The highest BCUT2D eigenvalue weighted by atomic mass is 31.2. The third kappa shape index (κ3) is 67.3. The lowest BCUT2D eigenvalue weighted by Gasteiger charge is -2.21. The molecule has 0 saturated carbocycles. The molecule has 0 aromatic carbocycles. The van der Waals surface area contributed by atoms with Gasteiger partial charge in [-0.3, -0.25) is 37.3 Å². The number of hydrogen-bond acceptors (Lipinski definition) is 15. The van der Waals surface area contributed by atoms with Crippen LogP contribution in [0.3, 0.4) is 0 Å². The van der Waals surface area contributed by atoms with E-state index < -0.39 is 97.5 Å². The maximum Gasteiger partial charge on any atom is 0.472 e. The number of esters is 4. The van der Waals surface area contributed by atoms with Gasteiger partial charge in [0.15, 0.2) is 12.2 Å². The van der Waals surface area contributed by atoms with Crippen molar-refractivity contribution in [3.8, 4) is 0 Å². The first-order chi connectivity index (χ1) is 45.4. The summed E-state index contributed by atoms with van der Waals surface area (Å²) in [5, 5.41) is 10.6. The summed E-state index contributed by atoms with van der Waals surface area (Å²) in [6, 6.07) is 0. The first-order valence-corrected chi connectivity index (χ1v) is 42.0. The minimum absolute atomic E-state index is 0.106. The first kappa shape index (κ1) is 92.1. The van der Waals surface area contributed by atoms with Crippen molar-refractivity contribution in [3.05, 3.63) is 0 Å². The molecule has 3 N–H and O–H groups in total. The van der Waals surface area contributed by atoms with Gasteiger partial charge < -0.3 is 33.8 Å². The minimum atomic E-state index is -4.95. The third-order valence-corrected chi connectivity index (χ3v) is 19.7. The highest BCUT2D eigenvalue weighted by molar-refractivity contribution is 7.47. The van der Waals surface area contributed by atoms with E-state index in [1.165, 1.54) is 199 Å². The maximum atomic E-state index is 13.1. The molecule has 0 spiro atoms. The van der Waals surface area contributed by atoms with E-state index >= 15 is 0 Å². The molecule has 0 aliphatic rings. The predicted molar refractivity (Wildman–Crippen MR) is 381 cm³/mol. The summed E-state index contributed by atoms with van der Waals surface area (Å²) in [6.45, 7) is 9.58. The Bertz CT molecular complexity index is 1820. The van der Waals surface area contributed by atoms with Crippen LogP contribution in [-0.4, -0.2) is 96.7 Å². The second kappa shape index (κ2) is 66.9. The van der Waals surface area contributed by atoms with Gasteiger partial charge in [-0.05, 0) is 37.5 Å². The second-order valence-electron chi connectivity index (χ2n) is 27.8. The molecule has 0 amide bonds. The van der Waals surface area contributed by atoms with Gasteiger partial charge in [0.05, 0.1) is 26.4 Å². The summed E-state index contributed by atoms with van der Waals surface area (Å²) in [6.07, 6.45) is 54.5. The second-order valence-corrected chi connectivity index (χ2v) is 30.7. The number of unbranched alkanes of at least 4 members (excludes halogenated alkanes) is 43. The van der Waals surface area contributed by atoms with Crippen molar-refractivity contribution in [3.63, 3.8) is 0 Å². The van der Waals surface area contributed by atoms with Gasteiger partial charge in [0.1, 0.15) is 19.3 Å². The van der Waals surface area contributed by atoms with Crippen molar-refractivity contribution in [2.24, 2.45) is 11.8 Å². The van der Waals surface area contributed by atoms with Gasteiger partial charge in [-0.15, -0.1) is 0 Å². The average molecular weight is 1380 g/mol. The Labute approximate surface area is 575 Å². The van der Waals surface area contributed by atoms with Gasteiger partial charge in [0, 0.05) is 25.7 Å². The summed E-state index contributed by atoms with van der Waals surface area (Å²) in [7, 11) is -9.90. The molecule has 0 heterocycles. The van der Waals surface area contributed by atoms with E-state index in [-0.39, 0.29) is 25.7 Å². The molecule has 0 aromatic rings. The number of hydrogen-bond donors (Lipinski definition) is 3. The molecule has 0 bridgehead atoms. The number of aliphatic hydroxyl groups is 1. The fraction of sp³-hybridized carbons (Fsp3) is 0.947. The molecule has 94 heavy (non-hydrogen) atoms. The predicted octanol–water partition coefficient (Wildman–Crippen LogP) is 21.9. The standard InChI is InChI=1S/C75H146O17P2/c1-7-10-12-14-15-16-28-36-41-47-53-59-74(79)91-70(63-85-72(77)57-51-43-13-11-8-2)65-89-93(81,82)87-61-69(76)62-88-94(83,84)90-66-71(64-86-73(78)58-52-46-40-35-31-27-23-24-29-33-38-44-49-55-67(4)5)92-75(80)60-54-48-42-37-32-26-22-20-18-17-19-21-25-30-34-39-45-50-56-68(6)9-3/h67-71,76H,7-66H2,1-6H3,(H,81,82)(H,83,84)/t68?,69-,70+,71+/m0/s1. The lowest BCUT2D eigenvalue weighted by molar-refractivity contribution is -0.161. The van der Waals surface area contributed by atoms with Crippen LogP contribution in [0.5, 0.6) is 0 Å². The molecule has 19 heteroatoms. The molecule has 0 radical (unpaired) electrons. The van der Waals surface area contributed by atoms with Crippen molar-refractivity contribution in [2.45, 2.75) is 407 Å². The molecule has 17 nitrogen and oxygen atoms in total. The number of rotatable bonds is 74. The Morgan fingerprint density at radius 1 is 0.309 bits per heavy atom. The number of aliphatic hydroxyl groups excluding tert-OH is 1. The van der Waals surface area contributed by atoms with E-state index in [0.29, 0.717) is 25.7 Å². The molecule has 6 atom stereocenters. The Morgan fingerprint density at radius 2 is 0.543 bits per heavy atom. The first-order valence-electron chi connectivity index (χ1n) is 39.0. The van der Waals surface area contributed by atoms with Crippen LogP contribution in [0.4, 0.5) is 0 Å². The van der Waals surface area contributed by atoms with Crippen molar-refractivity contribution >= 4 is 39.5 Å². The zero-order valence-electron chi connectivity index (χ0n) is 61.3. The van der Waals surface area contributed by atoms with E-state index in [4.69, 9.17) is 37.0 Å². The van der Waals surface area contributed by atoms with Crippen LogP contribution in [0.2, 0.25) is 0 Å². The Balaban J connectivity index is 5.11. The normalized spacial score (nSPS) is 14.3. The lowest BCUT2D eigenvalue weighted by atomic mass is 9.99. The highest BCUT2D eigenvalue weighted by Gasteiger charge is 2.30. The SMILES string of the molecule is CCCCCCCCCCCCCC(=O)O[C@H](COC(=O)CCCCCCC)COP(=O)(O)OC[C@H](O)COP(=O)(O)OC[C@@H](COC(=O)CCCCCCCCCCCCCCCC(C)C)OC(=O)CCCCCCCCCCCCCCCCCCCCC(C)CC. The van der Waals surface area contributed by atoms with E-state index in [2.05, 4.69) is 41.5 Å². The summed E-state index contributed by atoms with van der Waals surface area (Å²) in [5.74, 6) is -0.467. The molecule has 0 fully saturated rings. The van der Waals surface area contributed by atoms with Gasteiger partial charge in [0.25, 0.3) is 0 Å². The van der Waals surface area contributed by atoms with Crippen LogP contribution in [0.15, 0.2) is 0 Å². The fourth-order valence-corrected chi connectivity index (χ4v) is 13.0. The third-order valence-electron chi connectivity index (χ3n) is 17.8. The van der Waals surface area contributed by atoms with Crippen molar-refractivity contribution in [1.29, 1.82) is 0 Å². The Hall–Kier alpha value is -1.94. The van der Waals surface area contributed by atoms with Crippen LogP contribution in [0, 0.1) is 11.8 Å². The van der Waals surface area contributed by atoms with Crippen LogP contribution in [0.1, 0.15) is 388 Å². The number of carbonyl (C=O) groups is 4. The lowest BCUT2D eigenvalue weighted by Crippen LogP contribution is -2.30. The van der Waals surface area contributed by atoms with Gasteiger partial charge in [-0.1, -0.05) is 337 Å². The summed E-state index contributed by atoms with van der Waals surface area (Å²) < 4.78 is 68.2. The fourth-order valence-electron chi connectivity index (χ4n) is 11.4. The molecule has 558 valence electrons. The highest BCUT2D eigenvalue weighted by Crippen LogP contribution is 2.45. The number of ether oxygens (including phenoxy) is 4. The van der Waals surface area contributed by atoms with Crippen LogP contribution in [0.25, 0.3) is 0 Å². The van der Waals surface area contributed by atoms with Gasteiger partial charge in [-0.2, -0.15) is 0 Å². The van der Waals surface area contributed by atoms with E-state index in [0.717, 1.165) is 108 Å². The number of phosphoric ester groups is 2. The zero-order chi connectivity index (χ0) is 69.3. The molecule has 0 rings (SSSR count). The molecular weight excluding hydrogens is 1230 g/mol. The maximum absolute atomic E-state index is 13.1. The van der Waals surface area contributed by atoms with Crippen LogP contribution < -0.4 is 0 Å². The molecule has 0 aliphatic carbocycles. The van der Waals surface area contributed by atoms with Crippen LogP contribution >= 0.6 is 15.6 Å². The van der Waals surface area contributed by atoms with Crippen molar-refractivity contribution in [2.75, 3.05) is 39.6 Å². The summed E-state index contributed by atoms with van der Waals surface area (Å²) in [4.78, 5) is 72.4. The number of phosphoric acid groups is 2.